The minimum absolute atomic E-state index is 0.0682. The first kappa shape index (κ1) is 21.5. The standard InChI is InChI=1S/C25H28N4OS/c1-18-14-19(2)16-21(15-18)29(11-5-10-26)24(30)17-28-12-8-20(9-13-28)25-27-22-6-3-4-7-23(22)31-25/h3-4,6-7,14-16,20H,5,8-9,11-13,17H2,1-2H3. The number of hydrogen-bond acceptors (Lipinski definition) is 5. The van der Waals surface area contributed by atoms with Gasteiger partial charge in [0.05, 0.1) is 34.3 Å². The van der Waals surface area contributed by atoms with Gasteiger partial charge in [0.15, 0.2) is 0 Å². The Labute approximate surface area is 187 Å². The largest absolute Gasteiger partial charge is 0.310 e. The Kier molecular flexibility index (Phi) is 6.64. The van der Waals surface area contributed by atoms with Crippen LogP contribution in [0.5, 0.6) is 0 Å². The maximum atomic E-state index is 13.2. The predicted octanol–water partition coefficient (Wildman–Crippen LogP) is 5.04. The lowest BCUT2D eigenvalue weighted by atomic mass is 9.97. The number of nitrogens with zero attached hydrogens (tertiary/aromatic N) is 4. The molecule has 1 amide bonds. The Balaban J connectivity index is 1.39. The van der Waals surface area contributed by atoms with Gasteiger partial charge < -0.3 is 4.90 Å². The number of hydrogen-bond donors (Lipinski definition) is 0. The number of benzene rings is 2. The molecule has 1 saturated heterocycles. The summed E-state index contributed by atoms with van der Waals surface area (Å²) in [4.78, 5) is 22.0. The fourth-order valence-corrected chi connectivity index (χ4v) is 5.48. The Hall–Kier alpha value is -2.75. The molecule has 3 aromatic rings. The van der Waals surface area contributed by atoms with Crippen molar-refractivity contribution in [3.63, 3.8) is 0 Å². The molecule has 0 saturated carbocycles. The number of rotatable bonds is 6. The summed E-state index contributed by atoms with van der Waals surface area (Å²) in [5.41, 5.74) is 4.23. The second-order valence-electron chi connectivity index (χ2n) is 8.37. The van der Waals surface area contributed by atoms with Crippen molar-refractivity contribution in [1.29, 1.82) is 5.26 Å². The third-order valence-corrected chi connectivity index (χ3v) is 7.07. The zero-order valence-corrected chi connectivity index (χ0v) is 19.0. The van der Waals surface area contributed by atoms with Crippen molar-refractivity contribution in [1.82, 2.24) is 9.88 Å². The Morgan fingerprint density at radius 3 is 2.58 bits per heavy atom. The van der Waals surface area contributed by atoms with Gasteiger partial charge in [0.2, 0.25) is 5.91 Å². The van der Waals surface area contributed by atoms with Crippen LogP contribution >= 0.6 is 11.3 Å². The van der Waals surface area contributed by atoms with E-state index in [-0.39, 0.29) is 5.91 Å². The monoisotopic (exact) mass is 432 g/mol. The number of thiazole rings is 1. The van der Waals surface area contributed by atoms with Gasteiger partial charge >= 0.3 is 0 Å². The summed E-state index contributed by atoms with van der Waals surface area (Å²) in [5.74, 6) is 0.538. The van der Waals surface area contributed by atoms with Crippen LogP contribution in [0.4, 0.5) is 5.69 Å². The summed E-state index contributed by atoms with van der Waals surface area (Å²) in [6, 6.07) is 16.6. The number of likely N-dealkylation sites (tertiary alicyclic amines) is 1. The summed E-state index contributed by atoms with van der Waals surface area (Å²) >= 11 is 1.80. The number of aryl methyl sites for hydroxylation is 2. The van der Waals surface area contributed by atoms with Crippen molar-refractivity contribution in [2.24, 2.45) is 0 Å². The molecule has 1 aliphatic heterocycles. The smallest absolute Gasteiger partial charge is 0.241 e. The van der Waals surface area contributed by atoms with Crippen LogP contribution in [0.3, 0.4) is 0 Å². The molecule has 1 fully saturated rings. The number of nitriles is 1. The predicted molar refractivity (Wildman–Crippen MR) is 127 cm³/mol. The molecule has 0 unspecified atom stereocenters. The molecule has 0 radical (unpaired) electrons. The Morgan fingerprint density at radius 2 is 1.90 bits per heavy atom. The molecule has 0 spiro atoms. The molecule has 160 valence electrons. The van der Waals surface area contributed by atoms with E-state index in [1.165, 1.54) is 9.71 Å². The van der Waals surface area contributed by atoms with Crippen molar-refractivity contribution in [3.05, 3.63) is 58.6 Å². The van der Waals surface area contributed by atoms with Gasteiger partial charge in [-0.05, 0) is 75.2 Å². The van der Waals surface area contributed by atoms with Gasteiger partial charge in [0.1, 0.15) is 0 Å². The highest BCUT2D eigenvalue weighted by Gasteiger charge is 2.26. The minimum Gasteiger partial charge on any atom is -0.310 e. The minimum atomic E-state index is 0.0682. The maximum Gasteiger partial charge on any atom is 0.241 e. The molecule has 31 heavy (non-hydrogen) atoms. The van der Waals surface area contributed by atoms with Gasteiger partial charge in [-0.25, -0.2) is 4.98 Å². The molecule has 6 heteroatoms. The van der Waals surface area contributed by atoms with Crippen LogP contribution in [0.1, 0.15) is 41.3 Å². The van der Waals surface area contributed by atoms with E-state index in [2.05, 4.69) is 35.2 Å². The van der Waals surface area contributed by atoms with Crippen molar-refractivity contribution in [3.8, 4) is 6.07 Å². The molecule has 0 bridgehead atoms. The zero-order valence-electron chi connectivity index (χ0n) is 18.2. The second-order valence-corrected chi connectivity index (χ2v) is 9.43. The van der Waals surface area contributed by atoms with Gasteiger partial charge in [-0.2, -0.15) is 5.26 Å². The lowest BCUT2D eigenvalue weighted by Gasteiger charge is -2.32. The summed E-state index contributed by atoms with van der Waals surface area (Å²) in [7, 11) is 0. The maximum absolute atomic E-state index is 13.2. The zero-order chi connectivity index (χ0) is 21.8. The highest BCUT2D eigenvalue weighted by Crippen LogP contribution is 2.33. The van der Waals surface area contributed by atoms with Crippen molar-refractivity contribution in [2.75, 3.05) is 31.1 Å². The molecule has 0 aliphatic carbocycles. The van der Waals surface area contributed by atoms with Gasteiger partial charge in [0, 0.05) is 18.2 Å². The SMILES string of the molecule is Cc1cc(C)cc(N(CCC#N)C(=O)CN2CCC(c3nc4ccccc4s3)CC2)c1. The van der Waals surface area contributed by atoms with Gasteiger partial charge in [-0.1, -0.05) is 18.2 Å². The van der Waals surface area contributed by atoms with Crippen LogP contribution < -0.4 is 4.90 Å². The highest BCUT2D eigenvalue weighted by molar-refractivity contribution is 7.18. The summed E-state index contributed by atoms with van der Waals surface area (Å²) in [5, 5.41) is 10.3. The molecule has 0 atom stereocenters. The van der Waals surface area contributed by atoms with Crippen molar-refractivity contribution >= 4 is 33.1 Å². The summed E-state index contributed by atoms with van der Waals surface area (Å²) < 4.78 is 1.25. The van der Waals surface area contributed by atoms with E-state index in [0.717, 1.165) is 48.3 Å². The molecular weight excluding hydrogens is 404 g/mol. The topological polar surface area (TPSA) is 60.2 Å². The quantitative estimate of drug-likeness (QED) is 0.547. The first-order valence-electron chi connectivity index (χ1n) is 10.9. The molecular formula is C25H28N4OS. The van der Waals surface area contributed by atoms with E-state index < -0.39 is 0 Å². The second kappa shape index (κ2) is 9.59. The number of carbonyl (C=O) groups excluding carboxylic acids is 1. The van der Waals surface area contributed by atoms with Crippen LogP contribution in [0.15, 0.2) is 42.5 Å². The first-order chi connectivity index (χ1) is 15.0. The van der Waals surface area contributed by atoms with Crippen LogP contribution in [0.2, 0.25) is 0 Å². The fourth-order valence-electron chi connectivity index (χ4n) is 4.35. The number of fused-ring (bicyclic) bond motifs is 1. The summed E-state index contributed by atoms with van der Waals surface area (Å²) in [6.07, 6.45) is 2.38. The van der Waals surface area contributed by atoms with E-state index in [1.807, 2.05) is 32.0 Å². The van der Waals surface area contributed by atoms with Crippen LogP contribution in [0.25, 0.3) is 10.2 Å². The normalized spacial score (nSPS) is 15.1. The molecule has 1 aliphatic rings. The van der Waals surface area contributed by atoms with Gasteiger partial charge in [-0.3, -0.25) is 9.69 Å². The summed E-state index contributed by atoms with van der Waals surface area (Å²) in [6.45, 7) is 6.69. The third-order valence-electron chi connectivity index (χ3n) is 5.87. The highest BCUT2D eigenvalue weighted by atomic mass is 32.1. The van der Waals surface area contributed by atoms with E-state index in [9.17, 15) is 4.79 Å². The Bertz CT molecular complexity index is 1050. The molecule has 5 nitrogen and oxygen atoms in total. The lowest BCUT2D eigenvalue weighted by molar-refractivity contribution is -0.120. The number of piperidine rings is 1. The van der Waals surface area contributed by atoms with E-state index in [1.54, 1.807) is 16.2 Å². The average molecular weight is 433 g/mol. The average Bonchev–Trinajstić information content (AvgIpc) is 3.18. The van der Waals surface area contributed by atoms with Crippen LogP contribution in [-0.2, 0) is 4.79 Å². The number of para-hydroxylation sites is 1. The number of aromatic nitrogens is 1. The molecule has 2 heterocycles. The molecule has 2 aromatic carbocycles. The van der Waals surface area contributed by atoms with E-state index >= 15 is 0 Å². The molecule has 4 rings (SSSR count). The number of amides is 1. The number of carbonyl (C=O) groups is 1. The molecule has 1 aromatic heterocycles. The fraction of sp³-hybridized carbons (Fsp3) is 0.400. The molecule has 0 N–H and O–H groups in total. The van der Waals surface area contributed by atoms with E-state index in [0.29, 0.717) is 25.4 Å². The van der Waals surface area contributed by atoms with Gasteiger partial charge in [-0.15, -0.1) is 11.3 Å². The van der Waals surface area contributed by atoms with Crippen molar-refractivity contribution < 1.29 is 4.79 Å². The number of anilines is 1. The van der Waals surface area contributed by atoms with Crippen LogP contribution in [0, 0.1) is 25.2 Å². The van der Waals surface area contributed by atoms with Crippen LogP contribution in [-0.4, -0.2) is 42.0 Å². The van der Waals surface area contributed by atoms with Crippen molar-refractivity contribution in [2.45, 2.75) is 39.0 Å². The lowest BCUT2D eigenvalue weighted by Crippen LogP contribution is -2.43. The first-order valence-corrected chi connectivity index (χ1v) is 11.7. The third kappa shape index (κ3) is 5.12. The van der Waals surface area contributed by atoms with E-state index in [4.69, 9.17) is 10.2 Å². The van der Waals surface area contributed by atoms with Gasteiger partial charge in [0.25, 0.3) is 0 Å². The Morgan fingerprint density at radius 1 is 1.19 bits per heavy atom.